The number of carbonyl (C=O) groups is 1. The third-order valence-corrected chi connectivity index (χ3v) is 2.53. The molecule has 0 radical (unpaired) electrons. The van der Waals surface area contributed by atoms with Crippen LogP contribution in [-0.4, -0.2) is 10.4 Å². The number of pyridine rings is 1. The fraction of sp³-hybridized carbons (Fsp3) is 0.167. The van der Waals surface area contributed by atoms with Crippen molar-refractivity contribution in [1.82, 2.24) is 4.57 Å². The summed E-state index contributed by atoms with van der Waals surface area (Å²) in [6.45, 7) is 1.53. The van der Waals surface area contributed by atoms with Crippen LogP contribution in [0.5, 0.6) is 0 Å². The fourth-order valence-electron chi connectivity index (χ4n) is 1.60. The van der Waals surface area contributed by atoms with Gasteiger partial charge < -0.3 is 4.57 Å². The van der Waals surface area contributed by atoms with E-state index >= 15 is 0 Å². The molecule has 0 saturated carbocycles. The van der Waals surface area contributed by atoms with Gasteiger partial charge in [-0.1, -0.05) is 0 Å². The molecule has 0 bridgehead atoms. The largest absolute Gasteiger partial charge is 0.311 e. The molecular weight excluding hydrogens is 190 g/mol. The highest BCUT2D eigenvalue weighted by Gasteiger charge is 2.03. The molecule has 0 N–H and O–H groups in total. The first-order valence-corrected chi connectivity index (χ1v) is 4.70. The van der Waals surface area contributed by atoms with E-state index in [0.29, 0.717) is 5.56 Å². The maximum Gasteiger partial charge on any atom is 0.250 e. The van der Waals surface area contributed by atoms with E-state index in [9.17, 15) is 9.59 Å². The molecule has 1 heterocycles. The average molecular weight is 201 g/mol. The van der Waals surface area contributed by atoms with Crippen LogP contribution in [-0.2, 0) is 7.05 Å². The van der Waals surface area contributed by atoms with Crippen molar-refractivity contribution in [2.75, 3.05) is 0 Å². The molecule has 3 heteroatoms. The van der Waals surface area contributed by atoms with Gasteiger partial charge in [0.25, 0.3) is 5.56 Å². The summed E-state index contributed by atoms with van der Waals surface area (Å²) >= 11 is 0. The van der Waals surface area contributed by atoms with Crippen molar-refractivity contribution in [3.8, 4) is 0 Å². The second-order valence-electron chi connectivity index (χ2n) is 3.56. The van der Waals surface area contributed by atoms with Crippen LogP contribution in [0.4, 0.5) is 0 Å². The van der Waals surface area contributed by atoms with Gasteiger partial charge in [-0.25, -0.2) is 0 Å². The molecule has 2 aromatic rings. The number of nitrogens with zero attached hydrogens (tertiary/aromatic N) is 1. The normalized spacial score (nSPS) is 10.5. The first-order valence-electron chi connectivity index (χ1n) is 4.70. The molecule has 1 aromatic carbocycles. The minimum atomic E-state index is -0.0434. The molecule has 2 rings (SSSR count). The van der Waals surface area contributed by atoms with Gasteiger partial charge in [-0.05, 0) is 36.6 Å². The average Bonchev–Trinajstić information content (AvgIpc) is 2.23. The number of aromatic nitrogens is 1. The number of rotatable bonds is 1. The van der Waals surface area contributed by atoms with Crippen LogP contribution in [0, 0.1) is 0 Å². The molecule has 3 nitrogen and oxygen atoms in total. The van der Waals surface area contributed by atoms with Crippen LogP contribution in [0.15, 0.2) is 35.1 Å². The Morgan fingerprint density at radius 3 is 2.60 bits per heavy atom. The van der Waals surface area contributed by atoms with E-state index in [-0.39, 0.29) is 11.3 Å². The molecule has 1 aromatic heterocycles. The Balaban J connectivity index is 2.81. The molecule has 15 heavy (non-hydrogen) atoms. The quantitative estimate of drug-likeness (QED) is 0.659. The molecule has 0 amide bonds. The minimum absolute atomic E-state index is 0.0331. The highest BCUT2D eigenvalue weighted by atomic mass is 16.1. The van der Waals surface area contributed by atoms with Gasteiger partial charge in [0, 0.05) is 18.7 Å². The smallest absolute Gasteiger partial charge is 0.250 e. The summed E-state index contributed by atoms with van der Waals surface area (Å²) in [6, 6.07) is 8.59. The molecular formula is C12H11NO2. The molecule has 0 saturated heterocycles. The summed E-state index contributed by atoms with van der Waals surface area (Å²) in [5, 5.41) is 0.907. The zero-order valence-corrected chi connectivity index (χ0v) is 8.65. The Bertz CT molecular complexity index is 596. The standard InChI is InChI=1S/C12H11NO2/c1-8(14)9-3-5-11-10(7-9)4-6-12(15)13(11)2/h3-7H,1-2H3. The predicted octanol–water partition coefficient (Wildman–Crippen LogP) is 1.74. The number of aryl methyl sites for hydroxylation is 1. The molecule has 0 unspecified atom stereocenters. The van der Waals surface area contributed by atoms with E-state index in [1.54, 1.807) is 35.9 Å². The van der Waals surface area contributed by atoms with Gasteiger partial charge in [0.05, 0.1) is 5.52 Å². The summed E-state index contributed by atoms with van der Waals surface area (Å²) < 4.78 is 1.57. The van der Waals surface area contributed by atoms with E-state index in [2.05, 4.69) is 0 Å². The molecule has 76 valence electrons. The first-order chi connectivity index (χ1) is 7.09. The molecule has 0 atom stereocenters. The molecule has 0 aliphatic rings. The van der Waals surface area contributed by atoms with Gasteiger partial charge >= 0.3 is 0 Å². The lowest BCUT2D eigenvalue weighted by Crippen LogP contribution is -2.15. The lowest BCUT2D eigenvalue weighted by Gasteiger charge is -2.04. The summed E-state index contributed by atoms with van der Waals surface area (Å²) in [6.07, 6.45) is 0. The number of ketones is 1. The second-order valence-corrected chi connectivity index (χ2v) is 3.56. The number of fused-ring (bicyclic) bond motifs is 1. The van der Waals surface area contributed by atoms with Crippen molar-refractivity contribution in [2.45, 2.75) is 6.92 Å². The van der Waals surface area contributed by atoms with Gasteiger partial charge in [0.15, 0.2) is 5.78 Å². The Hall–Kier alpha value is -1.90. The summed E-state index contributed by atoms with van der Waals surface area (Å²) in [5.74, 6) is 0.0331. The van der Waals surface area contributed by atoms with Gasteiger partial charge in [-0.15, -0.1) is 0 Å². The second kappa shape index (κ2) is 3.35. The highest BCUT2D eigenvalue weighted by molar-refractivity contribution is 5.97. The number of hydrogen-bond donors (Lipinski definition) is 0. The van der Waals surface area contributed by atoms with Crippen LogP contribution in [0.3, 0.4) is 0 Å². The topological polar surface area (TPSA) is 39.1 Å². The molecule has 0 spiro atoms. The fourth-order valence-corrected chi connectivity index (χ4v) is 1.60. The Morgan fingerprint density at radius 1 is 1.20 bits per heavy atom. The van der Waals surface area contributed by atoms with E-state index in [1.807, 2.05) is 0 Å². The maximum atomic E-state index is 11.3. The lowest BCUT2D eigenvalue weighted by molar-refractivity contribution is 0.101. The monoisotopic (exact) mass is 201 g/mol. The molecule has 0 aliphatic carbocycles. The van der Waals surface area contributed by atoms with Crippen LogP contribution in [0.2, 0.25) is 0 Å². The van der Waals surface area contributed by atoms with Gasteiger partial charge in [-0.2, -0.15) is 0 Å². The van der Waals surface area contributed by atoms with Crippen molar-refractivity contribution < 1.29 is 4.79 Å². The first kappa shape index (κ1) is 9.65. The maximum absolute atomic E-state index is 11.3. The Morgan fingerprint density at radius 2 is 1.93 bits per heavy atom. The predicted molar refractivity (Wildman–Crippen MR) is 59.2 cm³/mol. The van der Waals surface area contributed by atoms with Gasteiger partial charge in [-0.3, -0.25) is 9.59 Å². The number of carbonyl (C=O) groups excluding carboxylic acids is 1. The number of hydrogen-bond acceptors (Lipinski definition) is 2. The third-order valence-electron chi connectivity index (χ3n) is 2.53. The van der Waals surface area contributed by atoms with Crippen LogP contribution in [0.25, 0.3) is 10.9 Å². The van der Waals surface area contributed by atoms with E-state index < -0.39 is 0 Å². The van der Waals surface area contributed by atoms with Crippen molar-refractivity contribution in [2.24, 2.45) is 7.05 Å². The van der Waals surface area contributed by atoms with Crippen molar-refractivity contribution in [3.63, 3.8) is 0 Å². The summed E-state index contributed by atoms with van der Waals surface area (Å²) in [4.78, 5) is 22.5. The van der Waals surface area contributed by atoms with Gasteiger partial charge in [0.2, 0.25) is 0 Å². The highest BCUT2D eigenvalue weighted by Crippen LogP contribution is 2.13. The van der Waals surface area contributed by atoms with Crippen molar-refractivity contribution >= 4 is 16.7 Å². The van der Waals surface area contributed by atoms with Crippen LogP contribution in [0.1, 0.15) is 17.3 Å². The lowest BCUT2D eigenvalue weighted by atomic mass is 10.1. The Labute approximate surface area is 87.0 Å². The van der Waals surface area contributed by atoms with Crippen LogP contribution >= 0.6 is 0 Å². The van der Waals surface area contributed by atoms with Crippen molar-refractivity contribution in [3.05, 3.63) is 46.2 Å². The summed E-state index contributed by atoms with van der Waals surface area (Å²) in [5.41, 5.74) is 1.46. The van der Waals surface area contributed by atoms with Crippen molar-refractivity contribution in [1.29, 1.82) is 0 Å². The third kappa shape index (κ3) is 1.56. The van der Waals surface area contributed by atoms with E-state index in [0.717, 1.165) is 10.9 Å². The Kier molecular flexibility index (Phi) is 2.15. The molecule has 0 aliphatic heterocycles. The number of benzene rings is 1. The summed E-state index contributed by atoms with van der Waals surface area (Å²) in [7, 11) is 1.72. The van der Waals surface area contributed by atoms with Gasteiger partial charge in [0.1, 0.15) is 0 Å². The SMILES string of the molecule is CC(=O)c1ccc2c(ccc(=O)n2C)c1. The molecule has 0 fully saturated rings. The van der Waals surface area contributed by atoms with E-state index in [1.165, 1.54) is 13.0 Å². The zero-order valence-electron chi connectivity index (χ0n) is 8.65. The zero-order chi connectivity index (χ0) is 11.0. The van der Waals surface area contributed by atoms with E-state index in [4.69, 9.17) is 0 Å². The van der Waals surface area contributed by atoms with Crippen LogP contribution < -0.4 is 5.56 Å². The minimum Gasteiger partial charge on any atom is -0.311 e. The number of Topliss-reactive ketones (excluding diaryl/α,β-unsaturated/α-hetero) is 1.